The third kappa shape index (κ3) is 7.35. The van der Waals surface area contributed by atoms with Gasteiger partial charge in [-0.05, 0) is 43.9 Å². The minimum absolute atomic E-state index is 0.0386. The zero-order valence-corrected chi connectivity index (χ0v) is 21.3. The Morgan fingerprint density at radius 3 is 2.11 bits per heavy atom. The lowest BCUT2D eigenvalue weighted by molar-refractivity contribution is -0.143. The number of hydrogen-bond acceptors (Lipinski definition) is 5. The number of hydrogen-bond donors (Lipinski definition) is 1. The molecule has 1 amide bonds. The summed E-state index contributed by atoms with van der Waals surface area (Å²) in [6.45, 7) is 0.545. The summed E-state index contributed by atoms with van der Waals surface area (Å²) in [5.74, 6) is -0.623. The van der Waals surface area contributed by atoms with E-state index >= 15 is 0 Å². The highest BCUT2D eigenvalue weighted by molar-refractivity contribution is 6.33. The zero-order chi connectivity index (χ0) is 28.3. The first-order chi connectivity index (χ1) is 17.7. The molecule has 0 aliphatic rings. The van der Waals surface area contributed by atoms with E-state index in [1.54, 1.807) is 24.3 Å². The highest BCUT2D eigenvalue weighted by Crippen LogP contribution is 2.37. The van der Waals surface area contributed by atoms with Crippen LogP contribution in [0.4, 0.5) is 32.3 Å². The fourth-order valence-electron chi connectivity index (χ4n) is 3.54. The summed E-state index contributed by atoms with van der Waals surface area (Å²) >= 11 is 6.31. The number of halogens is 7. The van der Waals surface area contributed by atoms with Crippen LogP contribution in [-0.4, -0.2) is 59.9 Å². The van der Waals surface area contributed by atoms with E-state index in [2.05, 4.69) is 15.3 Å². The second-order valence-electron chi connectivity index (χ2n) is 8.74. The van der Waals surface area contributed by atoms with E-state index in [0.717, 1.165) is 4.90 Å². The average molecular weight is 560 g/mol. The number of benzene rings is 2. The van der Waals surface area contributed by atoms with Crippen LogP contribution in [0.3, 0.4) is 0 Å². The van der Waals surface area contributed by atoms with Crippen LogP contribution in [0.15, 0.2) is 48.7 Å². The van der Waals surface area contributed by atoms with Crippen molar-refractivity contribution in [2.24, 2.45) is 0 Å². The molecule has 3 rings (SSSR count). The fraction of sp³-hybridized carbons (Fsp3) is 0.320. The quantitative estimate of drug-likeness (QED) is 0.339. The molecule has 38 heavy (non-hydrogen) atoms. The SMILES string of the molecule is CN(C)CCNc1ncc(-c2ccccc2Cl)c(C(=O)N(C)Cc2cc(C(F)(F)F)cc(C(F)(F)F)c2)n1. The Morgan fingerprint density at radius 2 is 1.55 bits per heavy atom. The minimum Gasteiger partial charge on any atom is -0.353 e. The van der Waals surface area contributed by atoms with Gasteiger partial charge in [-0.2, -0.15) is 26.3 Å². The van der Waals surface area contributed by atoms with Gasteiger partial charge in [-0.3, -0.25) is 4.79 Å². The first-order valence-corrected chi connectivity index (χ1v) is 11.6. The van der Waals surface area contributed by atoms with Crippen molar-refractivity contribution in [2.45, 2.75) is 18.9 Å². The van der Waals surface area contributed by atoms with Crippen molar-refractivity contribution in [2.75, 3.05) is 39.5 Å². The molecule has 0 radical (unpaired) electrons. The van der Waals surface area contributed by atoms with Crippen LogP contribution in [0.25, 0.3) is 11.1 Å². The van der Waals surface area contributed by atoms with Gasteiger partial charge in [0.25, 0.3) is 5.91 Å². The Kier molecular flexibility index (Phi) is 8.88. The van der Waals surface area contributed by atoms with Crippen LogP contribution in [0.2, 0.25) is 5.02 Å². The highest BCUT2D eigenvalue weighted by Gasteiger charge is 2.37. The van der Waals surface area contributed by atoms with E-state index in [4.69, 9.17) is 11.6 Å². The number of carbonyl (C=O) groups excluding carboxylic acids is 1. The number of rotatable bonds is 8. The molecule has 204 valence electrons. The number of anilines is 1. The van der Waals surface area contributed by atoms with Crippen LogP contribution < -0.4 is 5.32 Å². The monoisotopic (exact) mass is 559 g/mol. The number of amides is 1. The largest absolute Gasteiger partial charge is 0.416 e. The van der Waals surface area contributed by atoms with Crippen molar-refractivity contribution in [1.82, 2.24) is 19.8 Å². The maximum Gasteiger partial charge on any atom is 0.416 e. The molecule has 0 aliphatic heterocycles. The van der Waals surface area contributed by atoms with E-state index < -0.39 is 35.9 Å². The number of nitrogens with zero attached hydrogens (tertiary/aromatic N) is 4. The van der Waals surface area contributed by atoms with Crippen LogP contribution in [-0.2, 0) is 18.9 Å². The van der Waals surface area contributed by atoms with E-state index in [1.807, 2.05) is 19.0 Å². The summed E-state index contributed by atoms with van der Waals surface area (Å²) in [7, 11) is 4.99. The molecular weight excluding hydrogens is 536 g/mol. The predicted octanol–water partition coefficient (Wildman–Crippen LogP) is 6.08. The van der Waals surface area contributed by atoms with Crippen molar-refractivity contribution >= 4 is 23.5 Å². The molecule has 13 heteroatoms. The number of nitrogens with one attached hydrogen (secondary N) is 1. The molecule has 0 saturated carbocycles. The van der Waals surface area contributed by atoms with Gasteiger partial charge in [-0.1, -0.05) is 29.8 Å². The molecule has 0 spiro atoms. The molecule has 0 aliphatic carbocycles. The van der Waals surface area contributed by atoms with Gasteiger partial charge in [0.1, 0.15) is 5.69 Å². The smallest absolute Gasteiger partial charge is 0.353 e. The summed E-state index contributed by atoms with van der Waals surface area (Å²) in [6.07, 6.45) is -8.62. The third-order valence-electron chi connectivity index (χ3n) is 5.41. The minimum atomic E-state index is -5.00. The second kappa shape index (κ2) is 11.6. The first-order valence-electron chi connectivity index (χ1n) is 11.2. The van der Waals surface area contributed by atoms with Gasteiger partial charge in [-0.25, -0.2) is 9.97 Å². The standard InChI is InChI=1S/C25H24ClF6N5O/c1-36(2)9-8-33-23-34-13-19(18-6-4-5-7-20(18)26)21(35-23)22(38)37(3)14-15-10-16(24(27,28)29)12-17(11-15)25(30,31)32/h4-7,10-13H,8-9,14H2,1-3H3,(H,33,34,35). The topological polar surface area (TPSA) is 61.4 Å². The van der Waals surface area contributed by atoms with Crippen molar-refractivity contribution < 1.29 is 31.1 Å². The fourth-order valence-corrected chi connectivity index (χ4v) is 3.77. The van der Waals surface area contributed by atoms with Gasteiger partial charge < -0.3 is 15.1 Å². The van der Waals surface area contributed by atoms with E-state index in [9.17, 15) is 31.1 Å². The van der Waals surface area contributed by atoms with Crippen molar-refractivity contribution in [3.8, 4) is 11.1 Å². The highest BCUT2D eigenvalue weighted by atomic mass is 35.5. The summed E-state index contributed by atoms with van der Waals surface area (Å²) in [5, 5.41) is 3.28. The van der Waals surface area contributed by atoms with E-state index in [1.165, 1.54) is 13.2 Å². The first kappa shape index (κ1) is 29.2. The molecule has 0 atom stereocenters. The van der Waals surface area contributed by atoms with Gasteiger partial charge in [0.05, 0.1) is 11.1 Å². The lowest BCUT2D eigenvalue weighted by atomic mass is 10.0. The van der Waals surface area contributed by atoms with Crippen molar-refractivity contribution in [1.29, 1.82) is 0 Å². The molecule has 0 fully saturated rings. The predicted molar refractivity (Wildman–Crippen MR) is 132 cm³/mol. The maximum atomic E-state index is 13.5. The Bertz CT molecular complexity index is 1260. The number of carbonyl (C=O) groups is 1. The van der Waals surface area contributed by atoms with Crippen LogP contribution in [0.1, 0.15) is 27.2 Å². The van der Waals surface area contributed by atoms with Gasteiger partial charge in [0.15, 0.2) is 0 Å². The third-order valence-corrected chi connectivity index (χ3v) is 5.74. The Balaban J connectivity index is 2.00. The number of likely N-dealkylation sites (N-methyl/N-ethyl adjacent to an activating group) is 1. The molecule has 2 aromatic carbocycles. The van der Waals surface area contributed by atoms with Crippen LogP contribution >= 0.6 is 11.6 Å². The van der Waals surface area contributed by atoms with Crippen LogP contribution in [0.5, 0.6) is 0 Å². The Morgan fingerprint density at radius 1 is 0.947 bits per heavy atom. The second-order valence-corrected chi connectivity index (χ2v) is 9.15. The Hall–Kier alpha value is -3.38. The molecule has 1 N–H and O–H groups in total. The number of alkyl halides is 6. The van der Waals surface area contributed by atoms with Gasteiger partial charge in [0.2, 0.25) is 5.95 Å². The summed E-state index contributed by atoms with van der Waals surface area (Å²) in [5.41, 5.74) is -2.70. The molecule has 0 bridgehead atoms. The molecule has 3 aromatic rings. The molecular formula is C25H24ClF6N5O. The number of aromatic nitrogens is 2. The Labute approximate surface area is 220 Å². The average Bonchev–Trinajstić information content (AvgIpc) is 2.82. The van der Waals surface area contributed by atoms with E-state index in [-0.39, 0.29) is 28.8 Å². The van der Waals surface area contributed by atoms with Gasteiger partial charge in [-0.15, -0.1) is 0 Å². The normalized spacial score (nSPS) is 12.1. The summed E-state index contributed by atoms with van der Waals surface area (Å²) < 4.78 is 79.7. The van der Waals surface area contributed by atoms with Crippen molar-refractivity contribution in [3.63, 3.8) is 0 Å². The van der Waals surface area contributed by atoms with Crippen LogP contribution in [0, 0.1) is 0 Å². The van der Waals surface area contributed by atoms with Gasteiger partial charge in [0, 0.05) is 49.0 Å². The molecule has 1 aromatic heterocycles. The molecule has 6 nitrogen and oxygen atoms in total. The summed E-state index contributed by atoms with van der Waals surface area (Å²) in [6, 6.07) is 7.81. The van der Waals surface area contributed by atoms with E-state index in [0.29, 0.717) is 35.8 Å². The lowest BCUT2D eigenvalue weighted by Gasteiger charge is -2.21. The summed E-state index contributed by atoms with van der Waals surface area (Å²) in [4.78, 5) is 24.9. The zero-order valence-electron chi connectivity index (χ0n) is 20.6. The molecule has 0 saturated heterocycles. The van der Waals surface area contributed by atoms with Gasteiger partial charge >= 0.3 is 12.4 Å². The maximum absolute atomic E-state index is 13.5. The van der Waals surface area contributed by atoms with Crippen molar-refractivity contribution in [3.05, 3.63) is 76.1 Å². The molecule has 1 heterocycles. The molecule has 0 unspecified atom stereocenters. The lowest BCUT2D eigenvalue weighted by Crippen LogP contribution is -2.29.